The number of nitrogens with zero attached hydrogens (tertiary/aromatic N) is 3. The maximum atomic E-state index is 13.4. The molecule has 2 aromatic carbocycles. The number of para-hydroxylation sites is 1. The highest BCUT2D eigenvalue weighted by Gasteiger charge is 2.24. The molecular formula is C22H25Cl2N3O4S2. The third kappa shape index (κ3) is 6.23. The maximum absolute atomic E-state index is 13.4. The zero-order valence-electron chi connectivity index (χ0n) is 18.1. The van der Waals surface area contributed by atoms with Gasteiger partial charge in [0, 0.05) is 37.5 Å². The molecule has 0 N–H and O–H groups in total. The highest BCUT2D eigenvalue weighted by molar-refractivity contribution is 7.91. The van der Waals surface area contributed by atoms with Gasteiger partial charge in [0.2, 0.25) is 5.91 Å². The summed E-state index contributed by atoms with van der Waals surface area (Å²) in [5.74, 6) is -0.133. The Labute approximate surface area is 208 Å². The lowest BCUT2D eigenvalue weighted by Crippen LogP contribution is -2.43. The van der Waals surface area contributed by atoms with Crippen LogP contribution in [0.15, 0.2) is 47.4 Å². The first-order valence-electron chi connectivity index (χ1n) is 10.3. The molecule has 1 aromatic heterocycles. The number of rotatable bonds is 7. The number of thiazole rings is 1. The Morgan fingerprint density at radius 1 is 1.18 bits per heavy atom. The minimum Gasteiger partial charge on any atom is -0.379 e. The summed E-state index contributed by atoms with van der Waals surface area (Å²) in [7, 11) is -3.44. The number of amides is 1. The fraction of sp³-hybridized carbons (Fsp3) is 0.364. The van der Waals surface area contributed by atoms with E-state index in [1.807, 2.05) is 24.3 Å². The minimum absolute atomic E-state index is 0. The van der Waals surface area contributed by atoms with E-state index in [1.165, 1.54) is 17.6 Å². The Kier molecular flexibility index (Phi) is 8.71. The topological polar surface area (TPSA) is 79.8 Å². The molecule has 1 fully saturated rings. The molecule has 0 radical (unpaired) electrons. The first-order chi connectivity index (χ1) is 15.3. The van der Waals surface area contributed by atoms with E-state index < -0.39 is 9.84 Å². The number of hydrogen-bond donors (Lipinski definition) is 0. The standard InChI is InChI=1S/C22H24ClN3O4S2.ClH/c1-32(28,29)19-8-4-7-18-21(19)24-22(31-18)26(10-9-25-11-13-30-14-12-25)20(27)15-16-5-2-3-6-17(16)23;/h2-8H,9-15H2,1H3;1H. The van der Waals surface area contributed by atoms with Gasteiger partial charge < -0.3 is 4.74 Å². The molecule has 1 saturated heterocycles. The highest BCUT2D eigenvalue weighted by atomic mass is 35.5. The second-order valence-corrected chi connectivity index (χ2v) is 11.0. The molecule has 1 amide bonds. The van der Waals surface area contributed by atoms with Crippen LogP contribution in [0.4, 0.5) is 5.13 Å². The molecule has 1 aliphatic heterocycles. The molecule has 0 aliphatic carbocycles. The van der Waals surface area contributed by atoms with E-state index in [2.05, 4.69) is 9.88 Å². The van der Waals surface area contributed by atoms with E-state index >= 15 is 0 Å². The molecular weight excluding hydrogens is 505 g/mol. The molecule has 0 spiro atoms. The van der Waals surface area contributed by atoms with Gasteiger partial charge in [-0.3, -0.25) is 14.6 Å². The second-order valence-electron chi connectivity index (χ2n) is 7.64. The number of hydrogen-bond acceptors (Lipinski definition) is 7. The van der Waals surface area contributed by atoms with Gasteiger partial charge in [-0.1, -0.05) is 47.2 Å². The van der Waals surface area contributed by atoms with Crippen LogP contribution < -0.4 is 4.90 Å². The van der Waals surface area contributed by atoms with Gasteiger partial charge in [0.05, 0.1) is 29.2 Å². The van der Waals surface area contributed by atoms with Crippen LogP contribution in [0.25, 0.3) is 10.2 Å². The molecule has 7 nitrogen and oxygen atoms in total. The summed E-state index contributed by atoms with van der Waals surface area (Å²) in [6.07, 6.45) is 1.30. The van der Waals surface area contributed by atoms with Crippen LogP contribution in [-0.4, -0.2) is 69.9 Å². The fourth-order valence-corrected chi connectivity index (χ4v) is 5.76. The predicted molar refractivity (Wildman–Crippen MR) is 135 cm³/mol. The minimum atomic E-state index is -3.44. The van der Waals surface area contributed by atoms with E-state index in [0.717, 1.165) is 23.4 Å². The number of carbonyl (C=O) groups is 1. The molecule has 1 aliphatic rings. The third-order valence-corrected chi connectivity index (χ3v) is 7.89. The van der Waals surface area contributed by atoms with Crippen molar-refractivity contribution in [2.24, 2.45) is 0 Å². The van der Waals surface area contributed by atoms with Gasteiger partial charge in [-0.2, -0.15) is 0 Å². The number of aromatic nitrogens is 1. The Morgan fingerprint density at radius 2 is 1.91 bits per heavy atom. The fourth-order valence-electron chi connectivity index (χ4n) is 3.62. The lowest BCUT2D eigenvalue weighted by molar-refractivity contribution is -0.118. The molecule has 2 heterocycles. The predicted octanol–water partition coefficient (Wildman–Crippen LogP) is 3.68. The lowest BCUT2D eigenvalue weighted by atomic mass is 10.1. The summed E-state index contributed by atoms with van der Waals surface area (Å²) in [6, 6.07) is 12.3. The average Bonchev–Trinajstić information content (AvgIpc) is 3.19. The SMILES string of the molecule is CS(=O)(=O)c1cccc2sc(N(CCN3CCOCC3)C(=O)Cc3ccccc3Cl)nc12.Cl. The van der Waals surface area contributed by atoms with Crippen molar-refractivity contribution in [3.05, 3.63) is 53.1 Å². The van der Waals surface area contributed by atoms with Crippen LogP contribution in [0.3, 0.4) is 0 Å². The van der Waals surface area contributed by atoms with Crippen molar-refractivity contribution in [2.75, 3.05) is 50.5 Å². The van der Waals surface area contributed by atoms with Crippen LogP contribution >= 0.6 is 35.3 Å². The van der Waals surface area contributed by atoms with Crippen molar-refractivity contribution in [3.63, 3.8) is 0 Å². The van der Waals surface area contributed by atoms with Crippen molar-refractivity contribution in [1.29, 1.82) is 0 Å². The Bertz CT molecular complexity index is 1230. The number of morpholine rings is 1. The van der Waals surface area contributed by atoms with Gasteiger partial charge in [-0.05, 0) is 23.8 Å². The number of ether oxygens (including phenoxy) is 1. The molecule has 0 unspecified atom stereocenters. The number of benzene rings is 2. The van der Waals surface area contributed by atoms with Gasteiger partial charge in [0.15, 0.2) is 15.0 Å². The monoisotopic (exact) mass is 529 g/mol. The Hall–Kier alpha value is -1.75. The van der Waals surface area contributed by atoms with Crippen molar-refractivity contribution in [1.82, 2.24) is 9.88 Å². The van der Waals surface area contributed by atoms with E-state index in [0.29, 0.717) is 42.0 Å². The van der Waals surface area contributed by atoms with Crippen molar-refractivity contribution in [3.8, 4) is 0 Å². The van der Waals surface area contributed by atoms with Gasteiger partial charge in [0.1, 0.15) is 5.52 Å². The van der Waals surface area contributed by atoms with Crippen molar-refractivity contribution in [2.45, 2.75) is 11.3 Å². The van der Waals surface area contributed by atoms with Crippen molar-refractivity contribution >= 4 is 66.4 Å². The van der Waals surface area contributed by atoms with E-state index in [-0.39, 0.29) is 29.6 Å². The zero-order chi connectivity index (χ0) is 22.7. The Balaban J connectivity index is 0.00000306. The van der Waals surface area contributed by atoms with Crippen LogP contribution in [0, 0.1) is 0 Å². The lowest BCUT2D eigenvalue weighted by Gasteiger charge is -2.29. The number of halogens is 2. The molecule has 0 atom stereocenters. The summed E-state index contributed by atoms with van der Waals surface area (Å²) in [5, 5.41) is 1.03. The summed E-state index contributed by atoms with van der Waals surface area (Å²) >= 11 is 7.60. The van der Waals surface area contributed by atoms with Crippen LogP contribution in [0.2, 0.25) is 5.02 Å². The zero-order valence-corrected chi connectivity index (χ0v) is 21.3. The highest BCUT2D eigenvalue weighted by Crippen LogP contribution is 2.33. The molecule has 33 heavy (non-hydrogen) atoms. The van der Waals surface area contributed by atoms with Gasteiger partial charge in [-0.25, -0.2) is 13.4 Å². The van der Waals surface area contributed by atoms with Crippen LogP contribution in [-0.2, 0) is 25.8 Å². The maximum Gasteiger partial charge on any atom is 0.233 e. The van der Waals surface area contributed by atoms with E-state index in [9.17, 15) is 13.2 Å². The van der Waals surface area contributed by atoms with E-state index in [1.54, 1.807) is 23.1 Å². The summed E-state index contributed by atoms with van der Waals surface area (Å²) in [5.41, 5.74) is 1.14. The second kappa shape index (κ2) is 11.1. The first-order valence-corrected chi connectivity index (χ1v) is 13.3. The number of anilines is 1. The van der Waals surface area contributed by atoms with Crippen molar-refractivity contribution < 1.29 is 17.9 Å². The van der Waals surface area contributed by atoms with Gasteiger partial charge in [0.25, 0.3) is 0 Å². The normalized spacial score (nSPS) is 14.7. The van der Waals surface area contributed by atoms with Gasteiger partial charge in [-0.15, -0.1) is 12.4 Å². The molecule has 178 valence electrons. The number of sulfone groups is 1. The molecule has 0 saturated carbocycles. The third-order valence-electron chi connectivity index (χ3n) is 5.35. The Morgan fingerprint density at radius 3 is 2.61 bits per heavy atom. The van der Waals surface area contributed by atoms with Crippen LogP contribution in [0.5, 0.6) is 0 Å². The van der Waals surface area contributed by atoms with Crippen LogP contribution in [0.1, 0.15) is 5.56 Å². The smallest absolute Gasteiger partial charge is 0.233 e. The van der Waals surface area contributed by atoms with Gasteiger partial charge >= 0.3 is 0 Å². The summed E-state index contributed by atoms with van der Waals surface area (Å²) in [6.45, 7) is 4.08. The largest absolute Gasteiger partial charge is 0.379 e. The quantitative estimate of drug-likeness (QED) is 0.464. The number of fused-ring (bicyclic) bond motifs is 1. The van der Waals surface area contributed by atoms with E-state index in [4.69, 9.17) is 16.3 Å². The molecule has 3 aromatic rings. The average molecular weight is 530 g/mol. The molecule has 11 heteroatoms. The molecule has 0 bridgehead atoms. The molecule has 4 rings (SSSR count). The number of carbonyl (C=O) groups excluding carboxylic acids is 1. The summed E-state index contributed by atoms with van der Waals surface area (Å²) < 4.78 is 30.6. The first kappa shape index (κ1) is 25.9. The summed E-state index contributed by atoms with van der Waals surface area (Å²) in [4.78, 5) is 22.0.